The zero-order chi connectivity index (χ0) is 23.3. The first-order chi connectivity index (χ1) is 15.3. The Kier molecular flexibility index (Phi) is 8.55. The number of ether oxygens (including phenoxy) is 1. The molecule has 7 heteroatoms. The Labute approximate surface area is 191 Å². The molecule has 1 aliphatic carbocycles. The van der Waals surface area contributed by atoms with E-state index in [1.807, 2.05) is 26.0 Å². The fraction of sp³-hybridized carbons (Fsp3) is 0.720. The monoisotopic (exact) mass is 449 g/mol. The number of rotatable bonds is 8. The van der Waals surface area contributed by atoms with Gasteiger partial charge in [0.1, 0.15) is 11.4 Å². The fourth-order valence-corrected chi connectivity index (χ4v) is 5.63. The predicted molar refractivity (Wildman–Crippen MR) is 122 cm³/mol. The Hall–Kier alpha value is -1.67. The van der Waals surface area contributed by atoms with Crippen molar-refractivity contribution in [1.82, 2.24) is 0 Å². The summed E-state index contributed by atoms with van der Waals surface area (Å²) in [7, 11) is 1.58. The molecule has 0 radical (unpaired) electrons. The first-order valence-corrected chi connectivity index (χ1v) is 11.9. The van der Waals surface area contributed by atoms with Gasteiger partial charge in [0.05, 0.1) is 25.9 Å². The number of anilines is 1. The topological polar surface area (TPSA) is 97.3 Å². The molecule has 7 unspecified atom stereocenters. The van der Waals surface area contributed by atoms with E-state index in [-0.39, 0.29) is 42.8 Å². The molecule has 0 bridgehead atoms. The SMILES string of the molecule is COc1cccc(NC(=O)CCC(O)C(C)C2CCC(C)C3CCC(C)OOC32CO)c1. The van der Waals surface area contributed by atoms with Crippen LogP contribution < -0.4 is 10.1 Å². The average Bonchev–Trinajstić information content (AvgIpc) is 2.97. The Morgan fingerprint density at radius 1 is 1.28 bits per heavy atom. The minimum Gasteiger partial charge on any atom is -0.497 e. The molecule has 3 rings (SSSR count). The van der Waals surface area contributed by atoms with Crippen LogP contribution in [-0.2, 0) is 14.6 Å². The number of aliphatic hydroxyl groups excluding tert-OH is 2. The van der Waals surface area contributed by atoms with Gasteiger partial charge in [0.25, 0.3) is 0 Å². The molecule has 1 heterocycles. The number of hydrogen-bond donors (Lipinski definition) is 3. The molecule has 2 fully saturated rings. The van der Waals surface area contributed by atoms with Crippen molar-refractivity contribution < 1.29 is 29.5 Å². The summed E-state index contributed by atoms with van der Waals surface area (Å²) >= 11 is 0. The zero-order valence-electron chi connectivity index (χ0n) is 19.8. The van der Waals surface area contributed by atoms with Crippen LogP contribution in [0.25, 0.3) is 0 Å². The molecule has 0 spiro atoms. The number of benzene rings is 1. The van der Waals surface area contributed by atoms with Crippen LogP contribution in [0.3, 0.4) is 0 Å². The van der Waals surface area contributed by atoms with Crippen LogP contribution in [-0.4, -0.2) is 47.6 Å². The average molecular weight is 450 g/mol. The smallest absolute Gasteiger partial charge is 0.224 e. The summed E-state index contributed by atoms with van der Waals surface area (Å²) in [6, 6.07) is 7.19. The number of amides is 1. The summed E-state index contributed by atoms with van der Waals surface area (Å²) in [4.78, 5) is 24.1. The van der Waals surface area contributed by atoms with E-state index >= 15 is 0 Å². The lowest BCUT2D eigenvalue weighted by molar-refractivity contribution is -0.410. The van der Waals surface area contributed by atoms with Crippen molar-refractivity contribution >= 4 is 11.6 Å². The molecule has 3 N–H and O–H groups in total. The van der Waals surface area contributed by atoms with Gasteiger partial charge in [-0.2, -0.15) is 0 Å². The van der Waals surface area contributed by atoms with Crippen LogP contribution in [0.2, 0.25) is 0 Å². The van der Waals surface area contributed by atoms with E-state index in [9.17, 15) is 15.0 Å². The van der Waals surface area contributed by atoms with E-state index in [0.717, 1.165) is 25.7 Å². The van der Waals surface area contributed by atoms with Gasteiger partial charge in [0, 0.05) is 18.2 Å². The molecule has 2 aliphatic rings. The molecule has 1 amide bonds. The molecule has 7 atom stereocenters. The van der Waals surface area contributed by atoms with E-state index in [1.165, 1.54) is 0 Å². The standard InChI is InChI=1S/C25H39NO6/c1-16-8-10-22(25(15-27)21(16)11-9-17(2)31-32-25)18(3)23(28)12-13-24(29)26-19-6-5-7-20(14-19)30-4/h5-7,14,16-18,21-23,27-28H,8-13,15H2,1-4H3,(H,26,29). The number of fused-ring (bicyclic) bond motifs is 1. The number of nitrogens with one attached hydrogen (secondary N) is 1. The maximum atomic E-state index is 12.4. The zero-order valence-corrected chi connectivity index (χ0v) is 19.8. The van der Waals surface area contributed by atoms with E-state index in [1.54, 1.807) is 19.2 Å². The van der Waals surface area contributed by atoms with E-state index in [4.69, 9.17) is 14.5 Å². The van der Waals surface area contributed by atoms with Gasteiger partial charge in [-0.05, 0) is 74.8 Å². The summed E-state index contributed by atoms with van der Waals surface area (Å²) < 4.78 is 5.19. The minimum atomic E-state index is -0.814. The van der Waals surface area contributed by atoms with Gasteiger partial charge in [-0.1, -0.05) is 19.9 Å². The first kappa shape index (κ1) is 25.0. The predicted octanol–water partition coefficient (Wildman–Crippen LogP) is 3.93. The lowest BCUT2D eigenvalue weighted by Crippen LogP contribution is -2.58. The Morgan fingerprint density at radius 2 is 2.06 bits per heavy atom. The molecule has 32 heavy (non-hydrogen) atoms. The second-order valence-electron chi connectivity index (χ2n) is 9.69. The number of methoxy groups -OCH3 is 1. The summed E-state index contributed by atoms with van der Waals surface area (Å²) in [6.45, 7) is 6.07. The van der Waals surface area contributed by atoms with Gasteiger partial charge in [-0.15, -0.1) is 0 Å². The highest BCUT2D eigenvalue weighted by atomic mass is 17.2. The second-order valence-corrected chi connectivity index (χ2v) is 9.69. The third kappa shape index (κ3) is 5.45. The molecular weight excluding hydrogens is 410 g/mol. The van der Waals surface area contributed by atoms with Crippen molar-refractivity contribution in [3.63, 3.8) is 0 Å². The fourth-order valence-electron chi connectivity index (χ4n) is 5.63. The number of carbonyl (C=O) groups is 1. The molecule has 1 saturated carbocycles. The van der Waals surface area contributed by atoms with Crippen molar-refractivity contribution in [2.24, 2.45) is 23.7 Å². The van der Waals surface area contributed by atoms with Crippen LogP contribution in [0.1, 0.15) is 59.3 Å². The highest BCUT2D eigenvalue weighted by molar-refractivity contribution is 5.90. The lowest BCUT2D eigenvalue weighted by Gasteiger charge is -2.51. The largest absolute Gasteiger partial charge is 0.497 e. The van der Waals surface area contributed by atoms with Crippen molar-refractivity contribution in [1.29, 1.82) is 0 Å². The van der Waals surface area contributed by atoms with Crippen LogP contribution in [0.4, 0.5) is 5.69 Å². The van der Waals surface area contributed by atoms with E-state index in [0.29, 0.717) is 23.8 Å². The van der Waals surface area contributed by atoms with Crippen LogP contribution >= 0.6 is 0 Å². The van der Waals surface area contributed by atoms with Gasteiger partial charge >= 0.3 is 0 Å². The highest BCUT2D eigenvalue weighted by Crippen LogP contribution is 2.51. The van der Waals surface area contributed by atoms with Crippen LogP contribution in [0, 0.1) is 23.7 Å². The van der Waals surface area contributed by atoms with Gasteiger partial charge < -0.3 is 20.3 Å². The van der Waals surface area contributed by atoms with Crippen LogP contribution in [0.15, 0.2) is 24.3 Å². The van der Waals surface area contributed by atoms with Gasteiger partial charge in [0.15, 0.2) is 0 Å². The molecule has 1 aliphatic heterocycles. The highest BCUT2D eigenvalue weighted by Gasteiger charge is 2.55. The van der Waals surface area contributed by atoms with Gasteiger partial charge in [-0.3, -0.25) is 4.79 Å². The maximum absolute atomic E-state index is 12.4. The van der Waals surface area contributed by atoms with Gasteiger partial charge in [-0.25, -0.2) is 9.78 Å². The van der Waals surface area contributed by atoms with E-state index in [2.05, 4.69) is 12.2 Å². The normalized spacial score (nSPS) is 32.3. The lowest BCUT2D eigenvalue weighted by atomic mass is 9.59. The van der Waals surface area contributed by atoms with Gasteiger partial charge in [0.2, 0.25) is 5.91 Å². The summed E-state index contributed by atoms with van der Waals surface area (Å²) in [6.07, 6.45) is 3.56. The summed E-state index contributed by atoms with van der Waals surface area (Å²) in [5.41, 5.74) is -0.149. The first-order valence-electron chi connectivity index (χ1n) is 11.9. The van der Waals surface area contributed by atoms with Crippen LogP contribution in [0.5, 0.6) is 5.75 Å². The molecule has 1 aromatic rings. The molecule has 1 aromatic carbocycles. The minimum absolute atomic E-state index is 0.0163. The van der Waals surface area contributed by atoms with Crippen molar-refractivity contribution in [2.45, 2.75) is 77.1 Å². The maximum Gasteiger partial charge on any atom is 0.224 e. The second kappa shape index (κ2) is 11.0. The number of aliphatic hydroxyl groups is 2. The van der Waals surface area contributed by atoms with Crippen molar-refractivity contribution in [3.05, 3.63) is 24.3 Å². The third-order valence-electron chi connectivity index (χ3n) is 7.64. The quantitative estimate of drug-likeness (QED) is 0.520. The number of carbonyl (C=O) groups excluding carboxylic acids is 1. The summed E-state index contributed by atoms with van der Waals surface area (Å²) in [5, 5.41) is 24.3. The number of hydrogen-bond acceptors (Lipinski definition) is 6. The van der Waals surface area contributed by atoms with Crippen molar-refractivity contribution in [2.75, 3.05) is 19.0 Å². The molecule has 1 saturated heterocycles. The Balaban J connectivity index is 1.63. The van der Waals surface area contributed by atoms with E-state index < -0.39 is 11.7 Å². The molecular formula is C25H39NO6. The Bertz CT molecular complexity index is 758. The third-order valence-corrected chi connectivity index (χ3v) is 7.64. The Morgan fingerprint density at radius 3 is 2.78 bits per heavy atom. The molecule has 7 nitrogen and oxygen atoms in total. The molecule has 0 aromatic heterocycles. The van der Waals surface area contributed by atoms with Crippen molar-refractivity contribution in [3.8, 4) is 5.75 Å². The summed E-state index contributed by atoms with van der Waals surface area (Å²) in [5.74, 6) is 0.938. The molecule has 180 valence electrons.